The molecule has 1 aromatic carbocycles. The number of thioether (sulfide) groups is 2. The molecule has 5 N–H and O–H groups in total. The number of hydrogen-bond donors (Lipinski definition) is 4. The van der Waals surface area contributed by atoms with Gasteiger partial charge in [-0.25, -0.2) is 13.9 Å². The highest BCUT2D eigenvalue weighted by atomic mass is 32.2. The molecule has 0 fully saturated rings. The summed E-state index contributed by atoms with van der Waals surface area (Å²) in [6.07, 6.45) is 0. The van der Waals surface area contributed by atoms with Crippen molar-refractivity contribution in [1.82, 2.24) is 15.0 Å². The molecule has 190 valence electrons. The Bertz CT molecular complexity index is 931. The van der Waals surface area contributed by atoms with Crippen molar-refractivity contribution in [3.05, 3.63) is 35.9 Å². The van der Waals surface area contributed by atoms with Gasteiger partial charge < -0.3 is 11.1 Å². The maximum absolute atomic E-state index is 13.7. The molecule has 2 rings (SSSR count). The number of carbonyl (C=O) groups is 2. The number of benzene rings is 1. The minimum Gasteiger partial charge on any atom is -0.330 e. The van der Waals surface area contributed by atoms with Gasteiger partial charge >= 0.3 is 0 Å². The maximum Gasteiger partial charge on any atom is 0.249 e. The average Bonchev–Trinajstić information content (AvgIpc) is 3.11. The third-order valence-electron chi connectivity index (χ3n) is 4.94. The van der Waals surface area contributed by atoms with Gasteiger partial charge in [-0.1, -0.05) is 71.9 Å². The molecule has 0 saturated heterocycles. The summed E-state index contributed by atoms with van der Waals surface area (Å²) < 4.78 is 24.5. The Hall–Kier alpha value is -1.44. The fraction of sp³-hybridized carbons (Fsp3) is 0.591. The van der Waals surface area contributed by atoms with Gasteiger partial charge in [0.15, 0.2) is 10.0 Å². The number of nitrogens with two attached hydrogens (primary N) is 1. The quantitative estimate of drug-likeness (QED) is 0.300. The molecular weight excluding hydrogens is 494 g/mol. The third-order valence-corrected chi connectivity index (χ3v) is 7.90. The van der Waals surface area contributed by atoms with E-state index in [1.165, 1.54) is 28.5 Å². The smallest absolute Gasteiger partial charge is 0.249 e. The highest BCUT2D eigenvalue weighted by Crippen LogP contribution is 2.50. The van der Waals surface area contributed by atoms with Crippen LogP contribution in [0.15, 0.2) is 35.4 Å². The lowest BCUT2D eigenvalue weighted by Gasteiger charge is -2.43. The van der Waals surface area contributed by atoms with Crippen molar-refractivity contribution in [2.24, 2.45) is 21.7 Å². The number of carbonyl (C=O) groups excluding carboxylic acids is 2. The zero-order chi connectivity index (χ0) is 25.7. The Labute approximate surface area is 212 Å². The first-order chi connectivity index (χ1) is 15.7. The van der Waals surface area contributed by atoms with Gasteiger partial charge in [0.25, 0.3) is 0 Å². The second-order valence-electron chi connectivity index (χ2n) is 9.92. The molecule has 0 spiro atoms. The normalized spacial score (nSPS) is 20.6. The first-order valence-electron chi connectivity index (χ1n) is 10.9. The number of nitrogens with one attached hydrogen (secondary N) is 2. The van der Waals surface area contributed by atoms with Gasteiger partial charge in [0.2, 0.25) is 23.1 Å². The Morgan fingerprint density at radius 1 is 1.21 bits per heavy atom. The largest absolute Gasteiger partial charge is 0.330 e. The van der Waals surface area contributed by atoms with Crippen LogP contribution in [0.2, 0.25) is 0 Å². The van der Waals surface area contributed by atoms with Crippen LogP contribution in [0.25, 0.3) is 0 Å². The minimum atomic E-state index is -2.37. The Morgan fingerprint density at radius 2 is 1.82 bits per heavy atom. The van der Waals surface area contributed by atoms with Crippen molar-refractivity contribution in [2.45, 2.75) is 52.5 Å². The molecule has 1 aliphatic heterocycles. The molecule has 34 heavy (non-hydrogen) atoms. The average molecular weight is 530 g/mol. The fourth-order valence-corrected chi connectivity index (χ4v) is 6.12. The molecule has 0 bridgehead atoms. The van der Waals surface area contributed by atoms with Gasteiger partial charge in [0, 0.05) is 28.9 Å². The van der Waals surface area contributed by atoms with Crippen LogP contribution in [-0.4, -0.2) is 54.8 Å². The summed E-state index contributed by atoms with van der Waals surface area (Å²) in [6, 6.07) is 8.52. The lowest BCUT2D eigenvalue weighted by molar-refractivity contribution is -0.143. The predicted octanol–water partition coefficient (Wildman–Crippen LogP) is 2.68. The molecule has 3 unspecified atom stereocenters. The maximum atomic E-state index is 13.7. The van der Waals surface area contributed by atoms with Crippen LogP contribution in [-0.2, 0) is 25.7 Å². The van der Waals surface area contributed by atoms with Crippen LogP contribution in [0.4, 0.5) is 0 Å². The van der Waals surface area contributed by atoms with E-state index in [1.807, 2.05) is 30.3 Å². The number of hydrazone groups is 1. The van der Waals surface area contributed by atoms with Crippen LogP contribution < -0.4 is 15.8 Å². The summed E-state index contributed by atoms with van der Waals surface area (Å²) >= 11 is 0.322. The molecule has 12 heteroatoms. The molecular formula is C22H35N5O4S3. The second-order valence-corrected chi connectivity index (χ2v) is 13.0. The highest BCUT2D eigenvalue weighted by molar-refractivity contribution is 8.15. The molecule has 2 amide bonds. The van der Waals surface area contributed by atoms with E-state index in [9.17, 15) is 18.4 Å². The molecule has 0 saturated carbocycles. The summed E-state index contributed by atoms with van der Waals surface area (Å²) in [4.78, 5) is 25.2. The van der Waals surface area contributed by atoms with Crippen LogP contribution in [0.1, 0.15) is 47.1 Å². The van der Waals surface area contributed by atoms with Gasteiger partial charge in [-0.2, -0.15) is 11.8 Å². The lowest BCUT2D eigenvalue weighted by atomic mass is 9.92. The van der Waals surface area contributed by atoms with E-state index in [0.29, 0.717) is 23.6 Å². The van der Waals surface area contributed by atoms with Gasteiger partial charge in [-0.3, -0.25) is 14.1 Å². The van der Waals surface area contributed by atoms with Crippen molar-refractivity contribution in [1.29, 1.82) is 0 Å². The Kier molecular flexibility index (Phi) is 9.76. The first kappa shape index (κ1) is 28.8. The Morgan fingerprint density at radius 3 is 2.32 bits per heavy atom. The summed E-state index contributed by atoms with van der Waals surface area (Å²) in [5, 5.41) is 9.02. The molecule has 9 nitrogen and oxygen atoms in total. The van der Waals surface area contributed by atoms with E-state index < -0.39 is 33.0 Å². The van der Waals surface area contributed by atoms with E-state index in [0.717, 1.165) is 0 Å². The van der Waals surface area contributed by atoms with E-state index >= 15 is 0 Å². The lowest BCUT2D eigenvalue weighted by Crippen LogP contribution is -2.58. The number of hydrogen-bond acceptors (Lipinski definition) is 7. The number of nitrogens with zero attached hydrogens (tertiary/aromatic N) is 2. The van der Waals surface area contributed by atoms with E-state index in [4.69, 9.17) is 5.73 Å². The van der Waals surface area contributed by atoms with Crippen molar-refractivity contribution in [2.75, 3.05) is 18.1 Å². The topological polar surface area (TPSA) is 137 Å². The summed E-state index contributed by atoms with van der Waals surface area (Å²) in [7, 11) is 0. The van der Waals surface area contributed by atoms with Crippen LogP contribution in [0.3, 0.4) is 0 Å². The minimum absolute atomic E-state index is 0.251. The van der Waals surface area contributed by atoms with Crippen LogP contribution >= 0.6 is 23.5 Å². The second kappa shape index (κ2) is 11.5. The van der Waals surface area contributed by atoms with Gasteiger partial charge in [-0.15, -0.1) is 5.10 Å². The zero-order valence-electron chi connectivity index (χ0n) is 20.5. The molecule has 1 heterocycles. The van der Waals surface area contributed by atoms with Crippen LogP contribution in [0, 0.1) is 10.8 Å². The molecule has 0 aromatic heterocycles. The van der Waals surface area contributed by atoms with Crippen molar-refractivity contribution >= 4 is 51.8 Å². The van der Waals surface area contributed by atoms with E-state index in [-0.39, 0.29) is 17.0 Å². The van der Waals surface area contributed by atoms with Gasteiger partial charge in [0.1, 0.15) is 0 Å². The van der Waals surface area contributed by atoms with E-state index in [2.05, 4.69) is 15.1 Å². The highest BCUT2D eigenvalue weighted by Gasteiger charge is 2.56. The van der Waals surface area contributed by atoms with Crippen molar-refractivity contribution < 1.29 is 18.4 Å². The molecule has 1 aliphatic rings. The van der Waals surface area contributed by atoms with Crippen LogP contribution in [0.5, 0.6) is 0 Å². The van der Waals surface area contributed by atoms with Crippen molar-refractivity contribution in [3.8, 4) is 0 Å². The zero-order valence-corrected chi connectivity index (χ0v) is 22.9. The summed E-state index contributed by atoms with van der Waals surface area (Å²) in [5.74, 6) is 0.463. The third kappa shape index (κ3) is 6.82. The van der Waals surface area contributed by atoms with Crippen molar-refractivity contribution in [3.63, 3.8) is 0 Å². The molecule has 3 atom stereocenters. The standard InChI is InChI=1S/C22H35N5O4S3/c1-20(2,3)17(28)24-19-25-27(18(29)21(4,5)6)22(33-19,15-10-8-7-9-11-15)16(26-34(30)31)14-32-13-12-23/h7-11,16,26H,12-14,23H2,1-6H3,(H,30,31)(H,24,25,28). The van der Waals surface area contributed by atoms with E-state index in [1.54, 1.807) is 41.5 Å². The molecule has 0 radical (unpaired) electrons. The first-order valence-corrected chi connectivity index (χ1v) is 14.0. The molecule has 0 aliphatic carbocycles. The SMILES string of the molecule is CC(C)(C)C(=O)NC1=NN(C(=O)C(C)(C)C)C(c2ccccc2)(C(CSCCN)NS(=O)O)S1. The fourth-order valence-electron chi connectivity index (χ4n) is 3.14. The predicted molar refractivity (Wildman–Crippen MR) is 141 cm³/mol. The number of amides is 2. The number of amidine groups is 1. The monoisotopic (exact) mass is 529 g/mol. The summed E-state index contributed by atoms with van der Waals surface area (Å²) in [5.41, 5.74) is 4.90. The summed E-state index contributed by atoms with van der Waals surface area (Å²) in [6.45, 7) is 11.2. The van der Waals surface area contributed by atoms with Gasteiger partial charge in [-0.05, 0) is 17.3 Å². The Balaban J connectivity index is 2.69. The van der Waals surface area contributed by atoms with Gasteiger partial charge in [0.05, 0.1) is 6.04 Å². The molecule has 1 aromatic rings. The number of rotatable bonds is 8.